The minimum absolute atomic E-state index is 0.256. The molecule has 0 spiro atoms. The van der Waals surface area contributed by atoms with E-state index in [1.165, 1.54) is 13.8 Å². The van der Waals surface area contributed by atoms with Gasteiger partial charge in [0, 0.05) is 37.7 Å². The van der Waals surface area contributed by atoms with Crippen LogP contribution >= 0.6 is 0 Å². The standard InChI is InChI=1S/C28H34N3O5/c1-21(32)35-18-16-30(17-19-36-22(2)33)25-8-4-23(5-9-25)6-10-26-11-7-24-20-27(34-3)12-13-28(24)31(26)15-14-29/h4-13,20H,14-19,29H2,1-3H3/q+1. The molecule has 0 aliphatic rings. The van der Waals surface area contributed by atoms with Crippen LogP contribution in [0.2, 0.25) is 0 Å². The highest BCUT2D eigenvalue weighted by atomic mass is 16.5. The van der Waals surface area contributed by atoms with Gasteiger partial charge in [-0.05, 0) is 42.0 Å². The van der Waals surface area contributed by atoms with Gasteiger partial charge < -0.3 is 24.8 Å². The number of fused-ring (bicyclic) bond motifs is 1. The maximum Gasteiger partial charge on any atom is 0.302 e. The molecule has 0 radical (unpaired) electrons. The molecule has 0 fully saturated rings. The number of esters is 2. The molecule has 3 aromatic rings. The van der Waals surface area contributed by atoms with Gasteiger partial charge in [-0.3, -0.25) is 9.59 Å². The minimum atomic E-state index is -0.324. The summed E-state index contributed by atoms with van der Waals surface area (Å²) in [6, 6.07) is 18.2. The van der Waals surface area contributed by atoms with Crippen LogP contribution in [0.15, 0.2) is 54.6 Å². The molecule has 0 saturated carbocycles. The Hall–Kier alpha value is -3.91. The highest BCUT2D eigenvalue weighted by molar-refractivity contribution is 5.79. The van der Waals surface area contributed by atoms with E-state index in [1.54, 1.807) is 7.11 Å². The molecule has 3 rings (SSSR count). The molecule has 1 heterocycles. The van der Waals surface area contributed by atoms with Crippen LogP contribution in [-0.4, -0.2) is 51.9 Å². The molecule has 0 atom stereocenters. The van der Waals surface area contributed by atoms with E-state index in [2.05, 4.69) is 34.9 Å². The number of nitrogens with zero attached hydrogens (tertiary/aromatic N) is 2. The quantitative estimate of drug-likeness (QED) is 0.306. The second-order valence-corrected chi connectivity index (χ2v) is 8.22. The largest absolute Gasteiger partial charge is 0.497 e. The van der Waals surface area contributed by atoms with E-state index in [9.17, 15) is 9.59 Å². The van der Waals surface area contributed by atoms with Crippen molar-refractivity contribution in [1.82, 2.24) is 0 Å². The van der Waals surface area contributed by atoms with Gasteiger partial charge in [-0.2, -0.15) is 4.57 Å². The van der Waals surface area contributed by atoms with Gasteiger partial charge in [0.2, 0.25) is 11.2 Å². The Bertz CT molecular complexity index is 1190. The fraction of sp³-hybridized carbons (Fsp3) is 0.321. The molecule has 8 nitrogen and oxygen atoms in total. The van der Waals surface area contributed by atoms with Crippen molar-refractivity contribution in [2.75, 3.05) is 44.9 Å². The number of carbonyl (C=O) groups is 2. The number of anilines is 1. The van der Waals surface area contributed by atoms with Crippen molar-refractivity contribution in [1.29, 1.82) is 0 Å². The third-order valence-electron chi connectivity index (χ3n) is 5.66. The fourth-order valence-corrected chi connectivity index (χ4v) is 3.91. The summed E-state index contributed by atoms with van der Waals surface area (Å²) >= 11 is 0. The zero-order valence-corrected chi connectivity index (χ0v) is 21.1. The molecule has 1 aromatic heterocycles. The van der Waals surface area contributed by atoms with Crippen LogP contribution in [0.1, 0.15) is 25.1 Å². The normalized spacial score (nSPS) is 11.0. The molecule has 2 N–H and O–H groups in total. The fourth-order valence-electron chi connectivity index (χ4n) is 3.91. The summed E-state index contributed by atoms with van der Waals surface area (Å²) in [5, 5.41) is 1.09. The van der Waals surface area contributed by atoms with E-state index in [0.717, 1.165) is 33.6 Å². The van der Waals surface area contributed by atoms with E-state index >= 15 is 0 Å². The number of aromatic nitrogens is 1. The molecule has 190 valence electrons. The highest BCUT2D eigenvalue weighted by Gasteiger charge is 2.14. The van der Waals surface area contributed by atoms with Gasteiger partial charge in [0.1, 0.15) is 19.0 Å². The van der Waals surface area contributed by atoms with Crippen LogP contribution in [0.4, 0.5) is 5.69 Å². The van der Waals surface area contributed by atoms with Crippen molar-refractivity contribution in [3.8, 4) is 5.75 Å². The number of nitrogens with two attached hydrogens (primary N) is 1. The van der Waals surface area contributed by atoms with Crippen LogP contribution in [0.25, 0.3) is 23.1 Å². The molecular weight excluding hydrogens is 458 g/mol. The Morgan fingerprint density at radius 3 is 2.17 bits per heavy atom. The number of hydrogen-bond donors (Lipinski definition) is 1. The molecule has 0 saturated heterocycles. The maximum absolute atomic E-state index is 11.1. The lowest BCUT2D eigenvalue weighted by Gasteiger charge is -2.24. The summed E-state index contributed by atoms with van der Waals surface area (Å²) in [4.78, 5) is 24.3. The molecule has 0 amide bonds. The van der Waals surface area contributed by atoms with Crippen molar-refractivity contribution in [3.05, 3.63) is 65.9 Å². The summed E-state index contributed by atoms with van der Waals surface area (Å²) in [6.07, 6.45) is 4.14. The number of benzene rings is 2. The second-order valence-electron chi connectivity index (χ2n) is 8.22. The number of methoxy groups -OCH3 is 1. The lowest BCUT2D eigenvalue weighted by Crippen LogP contribution is -2.41. The number of hydrogen-bond acceptors (Lipinski definition) is 7. The van der Waals surface area contributed by atoms with Crippen LogP contribution in [0.5, 0.6) is 5.75 Å². The number of ether oxygens (including phenoxy) is 3. The highest BCUT2D eigenvalue weighted by Crippen LogP contribution is 2.20. The minimum Gasteiger partial charge on any atom is -0.497 e. The predicted octanol–water partition coefficient (Wildman–Crippen LogP) is 3.20. The van der Waals surface area contributed by atoms with Gasteiger partial charge in [0.15, 0.2) is 6.54 Å². The first-order chi connectivity index (χ1) is 17.4. The first-order valence-electron chi connectivity index (χ1n) is 11.9. The molecule has 0 aliphatic carbocycles. The summed E-state index contributed by atoms with van der Waals surface area (Å²) in [5.41, 5.74) is 10.0. The first kappa shape index (κ1) is 26.7. The topological polar surface area (TPSA) is 95.0 Å². The van der Waals surface area contributed by atoms with Crippen molar-refractivity contribution < 1.29 is 28.4 Å². The van der Waals surface area contributed by atoms with E-state index in [-0.39, 0.29) is 25.2 Å². The molecule has 36 heavy (non-hydrogen) atoms. The Labute approximate surface area is 211 Å². The average Bonchev–Trinajstić information content (AvgIpc) is 2.87. The van der Waals surface area contributed by atoms with E-state index in [4.69, 9.17) is 19.9 Å². The summed E-state index contributed by atoms with van der Waals surface area (Å²) in [6.45, 7) is 5.50. The molecule has 0 aliphatic heterocycles. The zero-order valence-electron chi connectivity index (χ0n) is 21.1. The second kappa shape index (κ2) is 13.3. The summed E-state index contributed by atoms with van der Waals surface area (Å²) in [5.74, 6) is 0.171. The third-order valence-corrected chi connectivity index (χ3v) is 5.66. The van der Waals surface area contributed by atoms with Gasteiger partial charge in [0.05, 0.1) is 32.1 Å². The Morgan fingerprint density at radius 1 is 0.917 bits per heavy atom. The molecule has 8 heteroatoms. The van der Waals surface area contributed by atoms with Crippen molar-refractivity contribution >= 4 is 40.7 Å². The first-order valence-corrected chi connectivity index (χ1v) is 11.9. The van der Waals surface area contributed by atoms with Crippen LogP contribution in [0, 0.1) is 0 Å². The monoisotopic (exact) mass is 492 g/mol. The molecule has 0 unspecified atom stereocenters. The predicted molar refractivity (Wildman–Crippen MR) is 141 cm³/mol. The van der Waals surface area contributed by atoms with Crippen molar-refractivity contribution in [2.24, 2.45) is 5.73 Å². The van der Waals surface area contributed by atoms with Gasteiger partial charge in [-0.15, -0.1) is 0 Å². The Kier molecular flexibility index (Phi) is 9.82. The van der Waals surface area contributed by atoms with E-state index < -0.39 is 0 Å². The van der Waals surface area contributed by atoms with Gasteiger partial charge in [-0.25, -0.2) is 0 Å². The number of carbonyl (C=O) groups excluding carboxylic acids is 2. The summed E-state index contributed by atoms with van der Waals surface area (Å²) < 4.78 is 17.7. The number of rotatable bonds is 12. The lowest BCUT2D eigenvalue weighted by molar-refractivity contribution is -0.670. The lowest BCUT2D eigenvalue weighted by atomic mass is 10.1. The summed E-state index contributed by atoms with van der Waals surface area (Å²) in [7, 11) is 1.66. The third kappa shape index (κ3) is 7.55. The van der Waals surface area contributed by atoms with Gasteiger partial charge in [-0.1, -0.05) is 12.1 Å². The Morgan fingerprint density at radius 2 is 1.58 bits per heavy atom. The average molecular weight is 493 g/mol. The van der Waals surface area contributed by atoms with Crippen LogP contribution in [-0.2, 0) is 25.6 Å². The maximum atomic E-state index is 11.1. The molecular formula is C28H34N3O5+. The van der Waals surface area contributed by atoms with Crippen molar-refractivity contribution in [2.45, 2.75) is 20.4 Å². The van der Waals surface area contributed by atoms with Gasteiger partial charge >= 0.3 is 11.9 Å². The van der Waals surface area contributed by atoms with Crippen LogP contribution < -0.4 is 19.9 Å². The molecule has 0 bridgehead atoms. The molecule has 2 aromatic carbocycles. The van der Waals surface area contributed by atoms with E-state index in [0.29, 0.717) is 26.2 Å². The zero-order chi connectivity index (χ0) is 25.9. The van der Waals surface area contributed by atoms with Gasteiger partial charge in [0.25, 0.3) is 0 Å². The van der Waals surface area contributed by atoms with Crippen molar-refractivity contribution in [3.63, 3.8) is 0 Å². The van der Waals surface area contributed by atoms with E-state index in [1.807, 2.05) is 41.3 Å². The number of pyridine rings is 1. The van der Waals surface area contributed by atoms with Crippen LogP contribution in [0.3, 0.4) is 0 Å². The SMILES string of the molecule is COc1ccc2c(ccc(/C=C/c3ccc(N(CCOC(C)=O)CCOC(C)=O)cc3)[n+]2CCN)c1. The smallest absolute Gasteiger partial charge is 0.302 e. The Balaban J connectivity index is 1.78.